The molecule has 2 atom stereocenters. The summed E-state index contributed by atoms with van der Waals surface area (Å²) in [5, 5.41) is 3.65. The molecule has 0 spiro atoms. The summed E-state index contributed by atoms with van der Waals surface area (Å²) in [6, 6.07) is 7.44. The molecule has 0 saturated heterocycles. The van der Waals surface area contributed by atoms with E-state index in [2.05, 4.69) is 5.32 Å². The number of hydrogen-bond acceptors (Lipinski definition) is 2. The Balaban J connectivity index is 2.62. The van der Waals surface area contributed by atoms with Crippen LogP contribution < -0.4 is 11.1 Å². The topological polar surface area (TPSA) is 55.1 Å². The Labute approximate surface area is 107 Å². The second kappa shape index (κ2) is 6.62. The van der Waals surface area contributed by atoms with Crippen molar-refractivity contribution in [3.05, 3.63) is 34.9 Å². The Kier molecular flexibility index (Phi) is 5.45. The smallest absolute Gasteiger partial charge is 0.224 e. The molecule has 0 fully saturated rings. The third-order valence-electron chi connectivity index (χ3n) is 2.88. The van der Waals surface area contributed by atoms with Gasteiger partial charge in [0.25, 0.3) is 0 Å². The first kappa shape index (κ1) is 14.0. The Bertz CT molecular complexity index is 360. The summed E-state index contributed by atoms with van der Waals surface area (Å²) in [7, 11) is 0. The van der Waals surface area contributed by atoms with E-state index in [-0.39, 0.29) is 17.9 Å². The highest BCUT2D eigenvalue weighted by atomic mass is 35.5. The van der Waals surface area contributed by atoms with Crippen LogP contribution in [-0.4, -0.2) is 12.5 Å². The van der Waals surface area contributed by atoms with Crippen molar-refractivity contribution in [1.29, 1.82) is 0 Å². The normalized spacial score (nSPS) is 14.1. The summed E-state index contributed by atoms with van der Waals surface area (Å²) in [5.74, 6) is -0.0952. The standard InChI is InChI=1S/C13H19ClN2O/c1-3-10(8-15)13(17)16-9(2)11-4-6-12(14)7-5-11/h4-7,9-10H,3,8,15H2,1-2H3,(H,16,17). The summed E-state index contributed by atoms with van der Waals surface area (Å²) < 4.78 is 0. The molecule has 17 heavy (non-hydrogen) atoms. The van der Waals surface area contributed by atoms with Gasteiger partial charge in [-0.15, -0.1) is 0 Å². The lowest BCUT2D eigenvalue weighted by atomic mass is 10.0. The van der Waals surface area contributed by atoms with Crippen LogP contribution in [0.2, 0.25) is 5.02 Å². The number of nitrogens with one attached hydrogen (secondary N) is 1. The molecule has 0 radical (unpaired) electrons. The lowest BCUT2D eigenvalue weighted by Crippen LogP contribution is -2.36. The highest BCUT2D eigenvalue weighted by Gasteiger charge is 2.17. The van der Waals surface area contributed by atoms with E-state index < -0.39 is 0 Å². The van der Waals surface area contributed by atoms with E-state index in [0.717, 1.165) is 12.0 Å². The van der Waals surface area contributed by atoms with Gasteiger partial charge in [0.05, 0.1) is 6.04 Å². The first-order valence-corrected chi connectivity index (χ1v) is 6.22. The van der Waals surface area contributed by atoms with Gasteiger partial charge in [0.2, 0.25) is 5.91 Å². The molecule has 1 rings (SSSR count). The molecule has 2 unspecified atom stereocenters. The molecule has 0 aliphatic carbocycles. The molecule has 4 heteroatoms. The predicted octanol–water partition coefficient (Wildman–Crippen LogP) is 2.50. The quantitative estimate of drug-likeness (QED) is 0.848. The van der Waals surface area contributed by atoms with Crippen LogP contribution in [0.25, 0.3) is 0 Å². The summed E-state index contributed by atoms with van der Waals surface area (Å²) >= 11 is 5.81. The van der Waals surface area contributed by atoms with Gasteiger partial charge in [0.15, 0.2) is 0 Å². The van der Waals surface area contributed by atoms with Crippen LogP contribution in [0.1, 0.15) is 31.9 Å². The zero-order valence-corrected chi connectivity index (χ0v) is 11.0. The van der Waals surface area contributed by atoms with Crippen LogP contribution in [0.5, 0.6) is 0 Å². The second-order valence-corrected chi connectivity index (χ2v) is 4.56. The number of nitrogens with two attached hydrogens (primary N) is 1. The van der Waals surface area contributed by atoms with E-state index in [1.807, 2.05) is 38.1 Å². The van der Waals surface area contributed by atoms with E-state index >= 15 is 0 Å². The molecule has 1 aromatic rings. The predicted molar refractivity (Wildman–Crippen MR) is 70.8 cm³/mol. The molecular formula is C13H19ClN2O. The molecule has 0 aliphatic heterocycles. The van der Waals surface area contributed by atoms with Gasteiger partial charge < -0.3 is 11.1 Å². The Morgan fingerprint density at radius 2 is 2.00 bits per heavy atom. The zero-order valence-electron chi connectivity index (χ0n) is 10.2. The third kappa shape index (κ3) is 4.02. The maximum Gasteiger partial charge on any atom is 0.224 e. The maximum atomic E-state index is 11.8. The molecule has 3 nitrogen and oxygen atoms in total. The Morgan fingerprint density at radius 3 is 2.47 bits per heavy atom. The average molecular weight is 255 g/mol. The van der Waals surface area contributed by atoms with E-state index in [4.69, 9.17) is 17.3 Å². The number of carbonyl (C=O) groups excluding carboxylic acids is 1. The van der Waals surface area contributed by atoms with E-state index in [0.29, 0.717) is 11.6 Å². The molecular weight excluding hydrogens is 236 g/mol. The van der Waals surface area contributed by atoms with Crippen molar-refractivity contribution in [1.82, 2.24) is 5.32 Å². The minimum atomic E-state index is -0.107. The number of hydrogen-bond donors (Lipinski definition) is 2. The average Bonchev–Trinajstić information content (AvgIpc) is 2.31. The van der Waals surface area contributed by atoms with Gasteiger partial charge in [-0.25, -0.2) is 0 Å². The fraction of sp³-hybridized carbons (Fsp3) is 0.462. The van der Waals surface area contributed by atoms with Gasteiger partial charge in [-0.1, -0.05) is 30.7 Å². The van der Waals surface area contributed by atoms with Crippen LogP contribution in [0.4, 0.5) is 0 Å². The van der Waals surface area contributed by atoms with Gasteiger partial charge in [0.1, 0.15) is 0 Å². The van der Waals surface area contributed by atoms with Crippen LogP contribution in [0.15, 0.2) is 24.3 Å². The van der Waals surface area contributed by atoms with Crippen molar-refractivity contribution in [2.45, 2.75) is 26.3 Å². The molecule has 0 aliphatic rings. The van der Waals surface area contributed by atoms with Crippen LogP contribution in [0, 0.1) is 5.92 Å². The number of halogens is 1. The van der Waals surface area contributed by atoms with E-state index in [1.165, 1.54) is 0 Å². The largest absolute Gasteiger partial charge is 0.349 e. The summed E-state index contributed by atoms with van der Waals surface area (Å²) in [6.45, 7) is 4.30. The minimum Gasteiger partial charge on any atom is -0.349 e. The molecule has 0 heterocycles. The molecule has 0 bridgehead atoms. The van der Waals surface area contributed by atoms with Gasteiger partial charge in [-0.2, -0.15) is 0 Å². The van der Waals surface area contributed by atoms with Crippen LogP contribution in [0.3, 0.4) is 0 Å². The number of carbonyl (C=O) groups is 1. The zero-order chi connectivity index (χ0) is 12.8. The molecule has 1 aromatic carbocycles. The number of rotatable bonds is 5. The number of amides is 1. The Morgan fingerprint density at radius 1 is 1.41 bits per heavy atom. The SMILES string of the molecule is CCC(CN)C(=O)NC(C)c1ccc(Cl)cc1. The van der Waals surface area contributed by atoms with Gasteiger partial charge in [-0.05, 0) is 31.0 Å². The first-order valence-electron chi connectivity index (χ1n) is 5.84. The second-order valence-electron chi connectivity index (χ2n) is 4.12. The molecule has 0 aromatic heterocycles. The lowest BCUT2D eigenvalue weighted by molar-refractivity contribution is -0.125. The van der Waals surface area contributed by atoms with Gasteiger partial charge in [0, 0.05) is 17.5 Å². The van der Waals surface area contributed by atoms with E-state index in [9.17, 15) is 4.79 Å². The van der Waals surface area contributed by atoms with Gasteiger partial charge >= 0.3 is 0 Å². The fourth-order valence-corrected chi connectivity index (χ4v) is 1.75. The highest BCUT2D eigenvalue weighted by molar-refractivity contribution is 6.30. The van der Waals surface area contributed by atoms with Crippen molar-refractivity contribution in [3.8, 4) is 0 Å². The van der Waals surface area contributed by atoms with Gasteiger partial charge in [-0.3, -0.25) is 4.79 Å². The molecule has 0 saturated carbocycles. The molecule has 3 N–H and O–H groups in total. The first-order chi connectivity index (χ1) is 8.08. The van der Waals surface area contributed by atoms with Crippen molar-refractivity contribution in [3.63, 3.8) is 0 Å². The third-order valence-corrected chi connectivity index (χ3v) is 3.13. The minimum absolute atomic E-state index is 0.0115. The van der Waals surface area contributed by atoms with Crippen molar-refractivity contribution in [2.75, 3.05) is 6.54 Å². The number of benzene rings is 1. The maximum absolute atomic E-state index is 11.8. The van der Waals surface area contributed by atoms with E-state index in [1.54, 1.807) is 0 Å². The Hall–Kier alpha value is -1.06. The highest BCUT2D eigenvalue weighted by Crippen LogP contribution is 2.16. The molecule has 94 valence electrons. The van der Waals surface area contributed by atoms with Crippen molar-refractivity contribution >= 4 is 17.5 Å². The summed E-state index contributed by atoms with van der Waals surface area (Å²) in [5.41, 5.74) is 6.58. The van der Waals surface area contributed by atoms with Crippen molar-refractivity contribution < 1.29 is 4.79 Å². The summed E-state index contributed by atoms with van der Waals surface area (Å²) in [4.78, 5) is 11.8. The fourth-order valence-electron chi connectivity index (χ4n) is 1.63. The van der Waals surface area contributed by atoms with Crippen LogP contribution in [-0.2, 0) is 4.79 Å². The summed E-state index contributed by atoms with van der Waals surface area (Å²) in [6.07, 6.45) is 0.760. The lowest BCUT2D eigenvalue weighted by Gasteiger charge is -2.18. The monoisotopic (exact) mass is 254 g/mol. The molecule has 1 amide bonds. The van der Waals surface area contributed by atoms with Crippen LogP contribution >= 0.6 is 11.6 Å². The van der Waals surface area contributed by atoms with Crippen molar-refractivity contribution in [2.24, 2.45) is 11.7 Å².